The number of nitrogen functional groups attached to an aromatic ring is 1. The van der Waals surface area contributed by atoms with Crippen LogP contribution in [0.15, 0.2) is 6.20 Å². The molecule has 4 heteroatoms. The first-order chi connectivity index (χ1) is 6.84. The van der Waals surface area contributed by atoms with Crippen molar-refractivity contribution in [3.05, 3.63) is 11.9 Å². The lowest BCUT2D eigenvalue weighted by atomic mass is 9.86. The minimum absolute atomic E-state index is 0.290. The fourth-order valence-electron chi connectivity index (χ4n) is 2.14. The van der Waals surface area contributed by atoms with E-state index in [0.717, 1.165) is 18.0 Å². The molecule has 0 bridgehead atoms. The van der Waals surface area contributed by atoms with E-state index in [1.807, 2.05) is 0 Å². The minimum Gasteiger partial charge on any atom is -0.366 e. The Morgan fingerprint density at radius 2 is 2.07 bits per heavy atom. The average Bonchev–Trinajstić information content (AvgIpc) is 2.19. The molecule has 2 N–H and O–H groups in total. The number of aromatic nitrogens is 3. The van der Waals surface area contributed by atoms with Crippen LogP contribution < -0.4 is 5.73 Å². The van der Waals surface area contributed by atoms with Crippen molar-refractivity contribution in [1.29, 1.82) is 0 Å². The fourth-order valence-corrected chi connectivity index (χ4v) is 2.14. The van der Waals surface area contributed by atoms with Crippen LogP contribution in [0, 0.1) is 5.92 Å². The number of hydrogen-bond donors (Lipinski definition) is 1. The SMILES string of the molecule is Nc1nncc(CC2CCCCC2)n1. The maximum Gasteiger partial charge on any atom is 0.240 e. The third kappa shape index (κ3) is 2.40. The van der Waals surface area contributed by atoms with Gasteiger partial charge in [-0.3, -0.25) is 0 Å². The summed E-state index contributed by atoms with van der Waals surface area (Å²) in [6, 6.07) is 0. The molecule has 14 heavy (non-hydrogen) atoms. The van der Waals surface area contributed by atoms with Crippen molar-refractivity contribution < 1.29 is 0 Å². The monoisotopic (exact) mass is 192 g/mol. The molecule has 0 saturated heterocycles. The molecule has 0 radical (unpaired) electrons. The van der Waals surface area contributed by atoms with Crippen LogP contribution in [0.1, 0.15) is 37.8 Å². The van der Waals surface area contributed by atoms with Crippen LogP contribution in [0.25, 0.3) is 0 Å². The predicted octanol–water partition coefficient (Wildman–Crippen LogP) is 1.58. The number of hydrogen-bond acceptors (Lipinski definition) is 4. The van der Waals surface area contributed by atoms with E-state index in [1.54, 1.807) is 6.20 Å². The van der Waals surface area contributed by atoms with Crippen molar-refractivity contribution in [1.82, 2.24) is 15.2 Å². The van der Waals surface area contributed by atoms with E-state index < -0.39 is 0 Å². The molecule has 1 saturated carbocycles. The molecule has 2 rings (SSSR count). The van der Waals surface area contributed by atoms with Crippen LogP contribution in [0.5, 0.6) is 0 Å². The highest BCUT2D eigenvalue weighted by Crippen LogP contribution is 2.26. The number of nitrogens with two attached hydrogens (primary N) is 1. The van der Waals surface area contributed by atoms with E-state index >= 15 is 0 Å². The van der Waals surface area contributed by atoms with Crippen LogP contribution in [-0.2, 0) is 6.42 Å². The van der Waals surface area contributed by atoms with Crippen molar-refractivity contribution >= 4 is 5.95 Å². The van der Waals surface area contributed by atoms with Gasteiger partial charge in [0.2, 0.25) is 5.95 Å². The zero-order valence-corrected chi connectivity index (χ0v) is 8.32. The molecular weight excluding hydrogens is 176 g/mol. The Labute approximate surface area is 83.9 Å². The Morgan fingerprint density at radius 1 is 1.29 bits per heavy atom. The standard InChI is InChI=1S/C10H16N4/c11-10-13-9(7-12-14-10)6-8-4-2-1-3-5-8/h7-8H,1-6H2,(H2,11,13,14). The van der Waals surface area contributed by atoms with E-state index in [9.17, 15) is 0 Å². The molecule has 76 valence electrons. The molecule has 0 aromatic carbocycles. The third-order valence-electron chi connectivity index (χ3n) is 2.85. The highest BCUT2D eigenvalue weighted by Gasteiger charge is 2.14. The summed E-state index contributed by atoms with van der Waals surface area (Å²) in [4.78, 5) is 4.17. The highest BCUT2D eigenvalue weighted by molar-refractivity contribution is 5.13. The van der Waals surface area contributed by atoms with E-state index in [1.165, 1.54) is 32.1 Å². The van der Waals surface area contributed by atoms with Crippen LogP contribution >= 0.6 is 0 Å². The molecule has 0 atom stereocenters. The molecule has 0 spiro atoms. The molecule has 0 unspecified atom stereocenters. The van der Waals surface area contributed by atoms with Gasteiger partial charge in [-0.25, -0.2) is 4.98 Å². The second-order valence-corrected chi connectivity index (χ2v) is 4.01. The second-order valence-electron chi connectivity index (χ2n) is 4.01. The average molecular weight is 192 g/mol. The van der Waals surface area contributed by atoms with Gasteiger partial charge in [-0.1, -0.05) is 32.1 Å². The maximum absolute atomic E-state index is 5.48. The van der Waals surface area contributed by atoms with Gasteiger partial charge in [-0.05, 0) is 12.3 Å². The Kier molecular flexibility index (Phi) is 2.91. The van der Waals surface area contributed by atoms with E-state index in [4.69, 9.17) is 5.73 Å². The van der Waals surface area contributed by atoms with Crippen LogP contribution in [0.3, 0.4) is 0 Å². The summed E-state index contributed by atoms with van der Waals surface area (Å²) in [5.41, 5.74) is 6.47. The van der Waals surface area contributed by atoms with Crippen LogP contribution in [0.2, 0.25) is 0 Å². The van der Waals surface area contributed by atoms with Crippen LogP contribution in [-0.4, -0.2) is 15.2 Å². The molecule has 1 heterocycles. The normalized spacial score (nSPS) is 18.3. The van der Waals surface area contributed by atoms with Crippen molar-refractivity contribution in [2.45, 2.75) is 38.5 Å². The van der Waals surface area contributed by atoms with Gasteiger partial charge in [0.1, 0.15) is 0 Å². The summed E-state index contributed by atoms with van der Waals surface area (Å²) < 4.78 is 0. The molecule has 1 aromatic rings. The third-order valence-corrected chi connectivity index (χ3v) is 2.85. The molecule has 1 aliphatic carbocycles. The van der Waals surface area contributed by atoms with Gasteiger partial charge in [0.05, 0.1) is 11.9 Å². The number of rotatable bonds is 2. The largest absolute Gasteiger partial charge is 0.366 e. The first-order valence-corrected chi connectivity index (χ1v) is 5.28. The van der Waals surface area contributed by atoms with Crippen molar-refractivity contribution in [3.8, 4) is 0 Å². The first-order valence-electron chi connectivity index (χ1n) is 5.28. The zero-order valence-electron chi connectivity index (χ0n) is 8.32. The molecule has 0 aliphatic heterocycles. The quantitative estimate of drug-likeness (QED) is 0.772. The summed E-state index contributed by atoms with van der Waals surface area (Å²) in [6.45, 7) is 0. The van der Waals surface area contributed by atoms with Crippen molar-refractivity contribution in [2.24, 2.45) is 5.92 Å². The van der Waals surface area contributed by atoms with Gasteiger partial charge >= 0.3 is 0 Å². The number of nitrogens with zero attached hydrogens (tertiary/aromatic N) is 3. The van der Waals surface area contributed by atoms with Gasteiger partial charge in [0.25, 0.3) is 0 Å². The van der Waals surface area contributed by atoms with Gasteiger partial charge in [-0.15, -0.1) is 5.10 Å². The lowest BCUT2D eigenvalue weighted by molar-refractivity contribution is 0.354. The Morgan fingerprint density at radius 3 is 2.79 bits per heavy atom. The Balaban J connectivity index is 1.95. The van der Waals surface area contributed by atoms with Gasteiger partial charge in [-0.2, -0.15) is 5.10 Å². The van der Waals surface area contributed by atoms with Gasteiger partial charge in [0.15, 0.2) is 0 Å². The maximum atomic E-state index is 5.48. The summed E-state index contributed by atoms with van der Waals surface area (Å²) in [5.74, 6) is 1.07. The number of anilines is 1. The minimum atomic E-state index is 0.290. The Hall–Kier alpha value is -1.19. The lowest BCUT2D eigenvalue weighted by Crippen LogP contribution is -2.11. The molecule has 1 fully saturated rings. The second kappa shape index (κ2) is 4.35. The fraction of sp³-hybridized carbons (Fsp3) is 0.700. The summed E-state index contributed by atoms with van der Waals surface area (Å²) in [7, 11) is 0. The van der Waals surface area contributed by atoms with Gasteiger partial charge < -0.3 is 5.73 Å². The summed E-state index contributed by atoms with van der Waals surface area (Å²) in [6.07, 6.45) is 9.50. The first kappa shape index (κ1) is 9.37. The molecular formula is C10H16N4. The lowest BCUT2D eigenvalue weighted by Gasteiger charge is -2.20. The summed E-state index contributed by atoms with van der Waals surface area (Å²) >= 11 is 0. The Bertz CT molecular complexity index is 294. The molecule has 4 nitrogen and oxygen atoms in total. The van der Waals surface area contributed by atoms with E-state index in [0.29, 0.717) is 5.95 Å². The summed E-state index contributed by atoms with van der Waals surface area (Å²) in [5, 5.41) is 7.46. The van der Waals surface area contributed by atoms with Crippen LogP contribution in [0.4, 0.5) is 5.95 Å². The van der Waals surface area contributed by atoms with Crippen molar-refractivity contribution in [3.63, 3.8) is 0 Å². The molecule has 1 aromatic heterocycles. The highest BCUT2D eigenvalue weighted by atomic mass is 15.2. The predicted molar refractivity (Wildman–Crippen MR) is 54.5 cm³/mol. The van der Waals surface area contributed by atoms with E-state index in [2.05, 4.69) is 15.2 Å². The zero-order chi connectivity index (χ0) is 9.80. The molecule has 0 amide bonds. The molecule has 1 aliphatic rings. The smallest absolute Gasteiger partial charge is 0.240 e. The topological polar surface area (TPSA) is 64.7 Å². The van der Waals surface area contributed by atoms with Gasteiger partial charge in [0, 0.05) is 0 Å². The van der Waals surface area contributed by atoms with Crippen molar-refractivity contribution in [2.75, 3.05) is 5.73 Å². The van der Waals surface area contributed by atoms with E-state index in [-0.39, 0.29) is 0 Å².